The lowest BCUT2D eigenvalue weighted by Crippen LogP contribution is -2.00. The van der Waals surface area contributed by atoms with E-state index in [1.54, 1.807) is 0 Å². The average Bonchev–Trinajstić information content (AvgIpc) is 2.33. The molecule has 2 rings (SSSR count). The summed E-state index contributed by atoms with van der Waals surface area (Å²) in [5.74, 6) is 0.185. The van der Waals surface area contributed by atoms with Gasteiger partial charge in [0.2, 0.25) is 0 Å². The van der Waals surface area contributed by atoms with Gasteiger partial charge in [0.1, 0.15) is 16.4 Å². The number of halogens is 4. The molecule has 0 unspecified atom stereocenters. The van der Waals surface area contributed by atoms with E-state index in [9.17, 15) is 8.42 Å². The van der Waals surface area contributed by atoms with Crippen molar-refractivity contribution in [2.75, 3.05) is 0 Å². The standard InChI is InChI=1S/C12H6Cl4O4S/c13-6-1-2-10(7(14)3-6)20-11-5-12(21(17,18)19)9(16)4-8(11)15/h1-5H,(H,17,18,19). The third-order valence-corrected chi connectivity index (χ3v) is 4.52. The second-order valence-corrected chi connectivity index (χ2v) is 6.91. The van der Waals surface area contributed by atoms with Gasteiger partial charge in [0.25, 0.3) is 10.1 Å². The summed E-state index contributed by atoms with van der Waals surface area (Å²) < 4.78 is 36.9. The van der Waals surface area contributed by atoms with E-state index in [-0.39, 0.29) is 26.6 Å². The third kappa shape index (κ3) is 3.94. The molecular weight excluding hydrogens is 382 g/mol. The number of hydrogen-bond acceptors (Lipinski definition) is 3. The Labute approximate surface area is 140 Å². The summed E-state index contributed by atoms with van der Waals surface area (Å²) in [5.41, 5.74) is 0. The molecule has 0 fully saturated rings. The molecule has 112 valence electrons. The number of ether oxygens (including phenoxy) is 1. The van der Waals surface area contributed by atoms with Crippen LogP contribution in [0.25, 0.3) is 0 Å². The lowest BCUT2D eigenvalue weighted by molar-refractivity contribution is 0.472. The number of benzene rings is 2. The van der Waals surface area contributed by atoms with Crippen molar-refractivity contribution in [3.8, 4) is 11.5 Å². The van der Waals surface area contributed by atoms with E-state index < -0.39 is 15.0 Å². The molecule has 0 amide bonds. The van der Waals surface area contributed by atoms with Gasteiger partial charge in [-0.25, -0.2) is 0 Å². The predicted octanol–water partition coefficient (Wildman–Crippen LogP) is 5.34. The normalized spacial score (nSPS) is 11.5. The van der Waals surface area contributed by atoms with Crippen LogP contribution < -0.4 is 4.74 Å². The lowest BCUT2D eigenvalue weighted by atomic mass is 10.3. The van der Waals surface area contributed by atoms with Crippen LogP contribution in [0.5, 0.6) is 11.5 Å². The molecule has 0 radical (unpaired) electrons. The minimum absolute atomic E-state index is 0.0297. The van der Waals surface area contributed by atoms with Crippen LogP contribution in [0, 0.1) is 0 Å². The van der Waals surface area contributed by atoms with Gasteiger partial charge < -0.3 is 4.74 Å². The number of hydrogen-bond donors (Lipinski definition) is 1. The van der Waals surface area contributed by atoms with Crippen molar-refractivity contribution in [3.05, 3.63) is 50.4 Å². The zero-order valence-corrected chi connectivity index (χ0v) is 13.8. The fourth-order valence-electron chi connectivity index (χ4n) is 1.46. The molecule has 4 nitrogen and oxygen atoms in total. The van der Waals surface area contributed by atoms with Crippen molar-refractivity contribution in [3.63, 3.8) is 0 Å². The summed E-state index contributed by atoms with van der Waals surface area (Å²) in [4.78, 5) is -0.520. The van der Waals surface area contributed by atoms with Crippen molar-refractivity contribution in [2.24, 2.45) is 0 Å². The Morgan fingerprint density at radius 1 is 0.857 bits per heavy atom. The van der Waals surface area contributed by atoms with Gasteiger partial charge >= 0.3 is 0 Å². The molecule has 0 aliphatic heterocycles. The second kappa shape index (κ2) is 6.20. The van der Waals surface area contributed by atoms with Gasteiger partial charge in [-0.3, -0.25) is 4.55 Å². The molecule has 0 aromatic heterocycles. The Balaban J connectivity index is 2.49. The van der Waals surface area contributed by atoms with Gasteiger partial charge in [0.15, 0.2) is 0 Å². The molecular formula is C12H6Cl4O4S. The molecule has 1 N–H and O–H groups in total. The second-order valence-electron chi connectivity index (χ2n) is 3.86. The van der Waals surface area contributed by atoms with Crippen molar-refractivity contribution in [1.82, 2.24) is 0 Å². The molecule has 9 heteroatoms. The van der Waals surface area contributed by atoms with E-state index in [2.05, 4.69) is 0 Å². The highest BCUT2D eigenvalue weighted by Gasteiger charge is 2.19. The maximum atomic E-state index is 11.2. The van der Waals surface area contributed by atoms with Gasteiger partial charge in [-0.2, -0.15) is 8.42 Å². The summed E-state index contributed by atoms with van der Waals surface area (Å²) in [7, 11) is -4.51. The summed E-state index contributed by atoms with van der Waals surface area (Å²) >= 11 is 23.4. The van der Waals surface area contributed by atoms with Gasteiger partial charge in [0, 0.05) is 11.1 Å². The van der Waals surface area contributed by atoms with Gasteiger partial charge in [0.05, 0.1) is 15.1 Å². The molecule has 0 aliphatic rings. The van der Waals surface area contributed by atoms with Crippen LogP contribution in [-0.4, -0.2) is 13.0 Å². The highest BCUT2D eigenvalue weighted by atomic mass is 35.5. The van der Waals surface area contributed by atoms with Crippen molar-refractivity contribution in [2.45, 2.75) is 4.90 Å². The van der Waals surface area contributed by atoms with Crippen LogP contribution in [0.3, 0.4) is 0 Å². The Bertz CT molecular complexity index is 805. The summed E-state index contributed by atoms with van der Waals surface area (Å²) in [6.07, 6.45) is 0. The Kier molecular flexibility index (Phi) is 4.92. The molecule has 0 spiro atoms. The molecule has 0 saturated carbocycles. The number of rotatable bonds is 3. The maximum Gasteiger partial charge on any atom is 0.296 e. The molecule has 0 saturated heterocycles. The van der Waals surface area contributed by atoms with E-state index in [0.29, 0.717) is 5.02 Å². The van der Waals surface area contributed by atoms with E-state index in [1.807, 2.05) is 0 Å². The van der Waals surface area contributed by atoms with Crippen molar-refractivity contribution >= 4 is 56.5 Å². The molecule has 0 heterocycles. The molecule has 0 atom stereocenters. The van der Waals surface area contributed by atoms with E-state index in [4.69, 9.17) is 55.7 Å². The SMILES string of the molecule is O=S(=O)(O)c1cc(Oc2ccc(Cl)cc2Cl)c(Cl)cc1Cl. The zero-order valence-electron chi connectivity index (χ0n) is 9.98. The largest absolute Gasteiger partial charge is 0.454 e. The first kappa shape index (κ1) is 16.7. The Morgan fingerprint density at radius 3 is 2.05 bits per heavy atom. The van der Waals surface area contributed by atoms with Crippen LogP contribution >= 0.6 is 46.4 Å². The highest BCUT2D eigenvalue weighted by molar-refractivity contribution is 7.86. The van der Waals surface area contributed by atoms with Gasteiger partial charge in [-0.15, -0.1) is 0 Å². The van der Waals surface area contributed by atoms with E-state index >= 15 is 0 Å². The highest BCUT2D eigenvalue weighted by Crippen LogP contribution is 2.38. The topological polar surface area (TPSA) is 63.6 Å². The lowest BCUT2D eigenvalue weighted by Gasteiger charge is -2.11. The molecule has 2 aromatic rings. The first-order valence-electron chi connectivity index (χ1n) is 5.28. The quantitative estimate of drug-likeness (QED) is 0.722. The molecule has 0 bridgehead atoms. The van der Waals surface area contributed by atoms with Gasteiger partial charge in [-0.05, 0) is 24.3 Å². The van der Waals surface area contributed by atoms with E-state index in [0.717, 1.165) is 12.1 Å². The first-order chi connectivity index (χ1) is 9.68. The third-order valence-electron chi connectivity index (χ3n) is 2.38. The van der Waals surface area contributed by atoms with Gasteiger partial charge in [-0.1, -0.05) is 46.4 Å². The minimum atomic E-state index is -4.51. The van der Waals surface area contributed by atoms with Crippen LogP contribution in [0.15, 0.2) is 35.2 Å². The molecule has 21 heavy (non-hydrogen) atoms. The summed E-state index contributed by atoms with van der Waals surface area (Å²) in [6.45, 7) is 0. The monoisotopic (exact) mass is 386 g/mol. The average molecular weight is 388 g/mol. The molecule has 2 aromatic carbocycles. The van der Waals surface area contributed by atoms with Crippen LogP contribution in [0.1, 0.15) is 0 Å². The smallest absolute Gasteiger partial charge is 0.296 e. The Morgan fingerprint density at radius 2 is 1.48 bits per heavy atom. The summed E-state index contributed by atoms with van der Waals surface area (Å²) in [5, 5.41) is 0.450. The minimum Gasteiger partial charge on any atom is -0.454 e. The predicted molar refractivity (Wildman–Crippen MR) is 82.8 cm³/mol. The van der Waals surface area contributed by atoms with Crippen LogP contribution in [0.4, 0.5) is 0 Å². The Hall–Kier alpha value is -0.690. The molecule has 0 aliphatic carbocycles. The van der Waals surface area contributed by atoms with Crippen LogP contribution in [-0.2, 0) is 10.1 Å². The maximum absolute atomic E-state index is 11.2. The van der Waals surface area contributed by atoms with Crippen molar-refractivity contribution in [1.29, 1.82) is 0 Å². The summed E-state index contributed by atoms with van der Waals surface area (Å²) in [6, 6.07) is 6.63. The van der Waals surface area contributed by atoms with Crippen molar-refractivity contribution < 1.29 is 17.7 Å². The van der Waals surface area contributed by atoms with E-state index in [1.165, 1.54) is 18.2 Å². The zero-order chi connectivity index (χ0) is 15.8. The first-order valence-corrected chi connectivity index (χ1v) is 8.23. The fourth-order valence-corrected chi connectivity index (χ4v) is 3.19. The van der Waals surface area contributed by atoms with Crippen LogP contribution in [0.2, 0.25) is 20.1 Å². The fraction of sp³-hybridized carbons (Fsp3) is 0.